The summed E-state index contributed by atoms with van der Waals surface area (Å²) in [5.74, 6) is 0.877. The van der Waals surface area contributed by atoms with Crippen LogP contribution in [0.5, 0.6) is 11.5 Å². The van der Waals surface area contributed by atoms with Crippen molar-refractivity contribution in [3.8, 4) is 11.5 Å². The summed E-state index contributed by atoms with van der Waals surface area (Å²) in [6.45, 7) is 0.497. The van der Waals surface area contributed by atoms with E-state index in [0.717, 1.165) is 10.0 Å². The topological polar surface area (TPSA) is 29.5 Å². The van der Waals surface area contributed by atoms with Gasteiger partial charge in [-0.2, -0.15) is 0 Å². The first-order valence-electron chi connectivity index (χ1n) is 5.01. The minimum absolute atomic E-state index is 0.184. The Bertz CT molecular complexity index is 512. The van der Waals surface area contributed by atoms with Crippen LogP contribution in [-0.4, -0.2) is 5.11 Å². The summed E-state index contributed by atoms with van der Waals surface area (Å²) < 4.78 is 7.02. The van der Waals surface area contributed by atoms with Gasteiger partial charge < -0.3 is 9.84 Å². The number of ether oxygens (including phenoxy) is 1. The first kappa shape index (κ1) is 12.5. The molecule has 0 atom stereocenters. The molecule has 0 aliphatic carbocycles. The Labute approximate surface area is 116 Å². The first-order chi connectivity index (χ1) is 8.16. The molecule has 17 heavy (non-hydrogen) atoms. The fourth-order valence-electron chi connectivity index (χ4n) is 1.36. The van der Waals surface area contributed by atoms with Crippen molar-refractivity contribution in [1.82, 2.24) is 0 Å². The van der Waals surface area contributed by atoms with E-state index >= 15 is 0 Å². The van der Waals surface area contributed by atoms with E-state index in [0.29, 0.717) is 16.8 Å². The normalized spacial score (nSPS) is 10.2. The fraction of sp³-hybridized carbons (Fsp3) is 0.0769. The van der Waals surface area contributed by atoms with Gasteiger partial charge in [-0.3, -0.25) is 0 Å². The second kappa shape index (κ2) is 5.56. The molecular formula is C13H10Br2O2. The molecule has 0 amide bonds. The fourth-order valence-corrected chi connectivity index (χ4v) is 2.13. The van der Waals surface area contributed by atoms with E-state index in [-0.39, 0.29) is 5.75 Å². The highest BCUT2D eigenvalue weighted by Crippen LogP contribution is 2.35. The van der Waals surface area contributed by atoms with Crippen LogP contribution in [0.1, 0.15) is 5.56 Å². The van der Waals surface area contributed by atoms with Gasteiger partial charge in [0.05, 0.1) is 8.95 Å². The molecule has 2 aromatic rings. The van der Waals surface area contributed by atoms with Crippen LogP contribution in [0.4, 0.5) is 0 Å². The van der Waals surface area contributed by atoms with E-state index in [1.54, 1.807) is 12.1 Å². The molecule has 2 rings (SSSR count). The summed E-state index contributed by atoms with van der Waals surface area (Å²) in [6, 6.07) is 13.3. The third-order valence-electron chi connectivity index (χ3n) is 2.24. The molecule has 0 fully saturated rings. The second-order valence-electron chi connectivity index (χ2n) is 3.51. The third kappa shape index (κ3) is 3.23. The van der Waals surface area contributed by atoms with Crippen LogP contribution >= 0.6 is 31.9 Å². The van der Waals surface area contributed by atoms with Crippen molar-refractivity contribution in [1.29, 1.82) is 0 Å². The SMILES string of the molecule is Oc1cc(Br)c(OCc2ccccc2)cc1Br. The molecule has 0 radical (unpaired) electrons. The van der Waals surface area contributed by atoms with Crippen LogP contribution in [0.15, 0.2) is 51.4 Å². The van der Waals surface area contributed by atoms with Crippen LogP contribution in [0.2, 0.25) is 0 Å². The minimum atomic E-state index is 0.184. The van der Waals surface area contributed by atoms with E-state index in [1.807, 2.05) is 30.3 Å². The predicted octanol–water partition coefficient (Wildman–Crippen LogP) is 4.50. The molecule has 0 aliphatic rings. The lowest BCUT2D eigenvalue weighted by Gasteiger charge is -2.09. The molecule has 4 heteroatoms. The van der Waals surface area contributed by atoms with Crippen molar-refractivity contribution < 1.29 is 9.84 Å². The molecule has 0 saturated heterocycles. The van der Waals surface area contributed by atoms with Crippen LogP contribution < -0.4 is 4.74 Å². The van der Waals surface area contributed by atoms with Crippen molar-refractivity contribution in [3.05, 3.63) is 57.0 Å². The Morgan fingerprint density at radius 3 is 2.41 bits per heavy atom. The molecule has 0 unspecified atom stereocenters. The highest BCUT2D eigenvalue weighted by molar-refractivity contribution is 9.11. The quantitative estimate of drug-likeness (QED) is 0.876. The highest BCUT2D eigenvalue weighted by atomic mass is 79.9. The highest BCUT2D eigenvalue weighted by Gasteiger charge is 2.06. The number of rotatable bonds is 3. The molecule has 1 N–H and O–H groups in total. The molecule has 2 nitrogen and oxygen atoms in total. The van der Waals surface area contributed by atoms with Gasteiger partial charge in [-0.15, -0.1) is 0 Å². The number of halogens is 2. The van der Waals surface area contributed by atoms with E-state index < -0.39 is 0 Å². The summed E-state index contributed by atoms with van der Waals surface area (Å²) in [6.07, 6.45) is 0. The summed E-state index contributed by atoms with van der Waals surface area (Å²) in [5.41, 5.74) is 1.10. The van der Waals surface area contributed by atoms with Crippen LogP contribution in [0, 0.1) is 0 Å². The number of phenols is 1. The van der Waals surface area contributed by atoms with Gasteiger partial charge in [0.25, 0.3) is 0 Å². The van der Waals surface area contributed by atoms with Gasteiger partial charge in [0.2, 0.25) is 0 Å². The third-order valence-corrected chi connectivity index (χ3v) is 3.49. The summed E-state index contributed by atoms with van der Waals surface area (Å²) in [4.78, 5) is 0. The maximum Gasteiger partial charge on any atom is 0.135 e. The Morgan fingerprint density at radius 2 is 1.71 bits per heavy atom. The molecule has 88 valence electrons. The van der Waals surface area contributed by atoms with Gasteiger partial charge in [-0.05, 0) is 49.6 Å². The average molecular weight is 358 g/mol. The second-order valence-corrected chi connectivity index (χ2v) is 5.22. The smallest absolute Gasteiger partial charge is 0.135 e. The molecule has 0 heterocycles. The van der Waals surface area contributed by atoms with Crippen molar-refractivity contribution in [2.45, 2.75) is 6.61 Å². The largest absolute Gasteiger partial charge is 0.507 e. The number of hydrogen-bond acceptors (Lipinski definition) is 2. The first-order valence-corrected chi connectivity index (χ1v) is 6.60. The van der Waals surface area contributed by atoms with Crippen LogP contribution in [0.3, 0.4) is 0 Å². The standard InChI is InChI=1S/C13H10Br2O2/c14-10-7-13(11(15)6-12(10)16)17-8-9-4-2-1-3-5-9/h1-7,16H,8H2. The lowest BCUT2D eigenvalue weighted by Crippen LogP contribution is -1.95. The van der Waals surface area contributed by atoms with Gasteiger partial charge >= 0.3 is 0 Å². The van der Waals surface area contributed by atoms with Crippen LogP contribution in [-0.2, 0) is 6.61 Å². The van der Waals surface area contributed by atoms with Gasteiger partial charge in [0, 0.05) is 0 Å². The lowest BCUT2D eigenvalue weighted by atomic mass is 10.2. The Hall–Kier alpha value is -1.00. The summed E-state index contributed by atoms with van der Waals surface area (Å²) in [5, 5.41) is 9.48. The van der Waals surface area contributed by atoms with Crippen molar-refractivity contribution in [3.63, 3.8) is 0 Å². The van der Waals surface area contributed by atoms with E-state index in [1.165, 1.54) is 0 Å². The zero-order chi connectivity index (χ0) is 12.3. The van der Waals surface area contributed by atoms with Crippen molar-refractivity contribution >= 4 is 31.9 Å². The van der Waals surface area contributed by atoms with Gasteiger partial charge in [-0.1, -0.05) is 30.3 Å². The molecule has 0 aromatic heterocycles. The zero-order valence-corrected chi connectivity index (χ0v) is 12.0. The van der Waals surface area contributed by atoms with Gasteiger partial charge in [0.1, 0.15) is 18.1 Å². The van der Waals surface area contributed by atoms with Gasteiger partial charge in [-0.25, -0.2) is 0 Å². The number of hydrogen-bond donors (Lipinski definition) is 1. The monoisotopic (exact) mass is 356 g/mol. The summed E-state index contributed by atoms with van der Waals surface area (Å²) in [7, 11) is 0. The molecule has 0 bridgehead atoms. The Balaban J connectivity index is 2.12. The maximum atomic E-state index is 9.48. The number of aromatic hydroxyl groups is 1. The zero-order valence-electron chi connectivity index (χ0n) is 8.86. The molecular weight excluding hydrogens is 348 g/mol. The van der Waals surface area contributed by atoms with Gasteiger partial charge in [0.15, 0.2) is 0 Å². The van der Waals surface area contributed by atoms with E-state index in [2.05, 4.69) is 31.9 Å². The minimum Gasteiger partial charge on any atom is -0.507 e. The van der Waals surface area contributed by atoms with Crippen molar-refractivity contribution in [2.75, 3.05) is 0 Å². The number of benzene rings is 2. The maximum absolute atomic E-state index is 9.48. The number of phenolic OH excluding ortho intramolecular Hbond substituents is 1. The summed E-state index contributed by atoms with van der Waals surface area (Å²) >= 11 is 6.60. The molecule has 0 aliphatic heterocycles. The van der Waals surface area contributed by atoms with Crippen molar-refractivity contribution in [2.24, 2.45) is 0 Å². The predicted molar refractivity (Wildman–Crippen MR) is 74.3 cm³/mol. The van der Waals surface area contributed by atoms with Crippen LogP contribution in [0.25, 0.3) is 0 Å². The molecule has 0 saturated carbocycles. The average Bonchev–Trinajstić information content (AvgIpc) is 2.33. The Morgan fingerprint density at radius 1 is 1.00 bits per heavy atom. The molecule has 0 spiro atoms. The molecule has 2 aromatic carbocycles. The lowest BCUT2D eigenvalue weighted by molar-refractivity contribution is 0.303. The Kier molecular flexibility index (Phi) is 4.07. The van der Waals surface area contributed by atoms with E-state index in [9.17, 15) is 5.11 Å². The van der Waals surface area contributed by atoms with E-state index in [4.69, 9.17) is 4.74 Å².